The van der Waals surface area contributed by atoms with Gasteiger partial charge in [0.1, 0.15) is 5.82 Å². The zero-order valence-corrected chi connectivity index (χ0v) is 10.5. The summed E-state index contributed by atoms with van der Waals surface area (Å²) >= 11 is 0. The number of rotatable bonds is 7. The van der Waals surface area contributed by atoms with Gasteiger partial charge in [0.2, 0.25) is 5.91 Å². The Morgan fingerprint density at radius 2 is 2.29 bits per heavy atom. The summed E-state index contributed by atoms with van der Waals surface area (Å²) in [5.41, 5.74) is 0.902. The van der Waals surface area contributed by atoms with Gasteiger partial charge in [0, 0.05) is 19.3 Å². The molecule has 1 aromatic rings. The predicted molar refractivity (Wildman–Crippen MR) is 66.4 cm³/mol. The second-order valence-electron chi connectivity index (χ2n) is 3.90. The summed E-state index contributed by atoms with van der Waals surface area (Å²) in [7, 11) is 0. The second-order valence-corrected chi connectivity index (χ2v) is 3.90. The van der Waals surface area contributed by atoms with Crippen LogP contribution in [-0.4, -0.2) is 29.0 Å². The molecule has 0 spiro atoms. The minimum atomic E-state index is 0.0317. The molecular formula is C12H20N4O. The summed E-state index contributed by atoms with van der Waals surface area (Å²) in [6.07, 6.45) is 3.84. The van der Waals surface area contributed by atoms with E-state index in [-0.39, 0.29) is 5.91 Å². The molecule has 0 aromatic carbocycles. The quantitative estimate of drug-likeness (QED) is 0.687. The smallest absolute Gasteiger partial charge is 0.233 e. The number of amides is 1. The highest BCUT2D eigenvalue weighted by atomic mass is 16.1. The highest BCUT2D eigenvalue weighted by Crippen LogP contribution is 1.93. The van der Waals surface area contributed by atoms with Crippen LogP contribution in [0.4, 0.5) is 0 Å². The van der Waals surface area contributed by atoms with Crippen LogP contribution in [0.1, 0.15) is 31.3 Å². The van der Waals surface area contributed by atoms with Crippen LogP contribution in [0.25, 0.3) is 0 Å². The molecule has 0 unspecified atom stereocenters. The topological polar surface area (TPSA) is 66.9 Å². The number of nitrogens with one attached hydrogen (secondary N) is 2. The molecule has 0 aliphatic rings. The van der Waals surface area contributed by atoms with Gasteiger partial charge in [-0.2, -0.15) is 0 Å². The lowest BCUT2D eigenvalue weighted by molar-refractivity contribution is -0.120. The summed E-state index contributed by atoms with van der Waals surface area (Å²) in [5, 5.41) is 5.90. The summed E-state index contributed by atoms with van der Waals surface area (Å²) in [6.45, 7) is 5.61. The minimum Gasteiger partial charge on any atom is -0.355 e. The van der Waals surface area contributed by atoms with E-state index in [4.69, 9.17) is 0 Å². The summed E-state index contributed by atoms with van der Waals surface area (Å²) < 4.78 is 0. The Bertz CT molecular complexity index is 354. The normalized spacial score (nSPS) is 10.2. The Morgan fingerprint density at radius 3 is 3.00 bits per heavy atom. The highest BCUT2D eigenvalue weighted by Gasteiger charge is 2.00. The maximum Gasteiger partial charge on any atom is 0.233 e. The zero-order chi connectivity index (χ0) is 12.5. The van der Waals surface area contributed by atoms with E-state index >= 15 is 0 Å². The molecule has 0 fully saturated rings. The molecule has 2 N–H and O–H groups in total. The second kappa shape index (κ2) is 7.73. The van der Waals surface area contributed by atoms with Crippen LogP contribution >= 0.6 is 0 Å². The van der Waals surface area contributed by atoms with Crippen molar-refractivity contribution >= 4 is 5.91 Å². The average molecular weight is 236 g/mol. The molecule has 0 saturated heterocycles. The van der Waals surface area contributed by atoms with Gasteiger partial charge in [-0.3, -0.25) is 4.79 Å². The van der Waals surface area contributed by atoms with Crippen molar-refractivity contribution in [3.63, 3.8) is 0 Å². The first-order valence-corrected chi connectivity index (χ1v) is 5.98. The van der Waals surface area contributed by atoms with Crippen molar-refractivity contribution in [3.05, 3.63) is 23.8 Å². The summed E-state index contributed by atoms with van der Waals surface area (Å²) in [5.74, 6) is 0.779. The third-order valence-electron chi connectivity index (χ3n) is 2.28. The Labute approximate surface area is 102 Å². The fourth-order valence-electron chi connectivity index (χ4n) is 1.37. The summed E-state index contributed by atoms with van der Waals surface area (Å²) in [6, 6.07) is 1.84. The molecule has 1 aromatic heterocycles. The number of hydrogen-bond donors (Lipinski definition) is 2. The van der Waals surface area contributed by atoms with E-state index in [1.165, 1.54) is 0 Å². The van der Waals surface area contributed by atoms with Crippen LogP contribution < -0.4 is 10.6 Å². The lowest BCUT2D eigenvalue weighted by Gasteiger charge is -2.06. The molecule has 0 radical (unpaired) electrons. The van der Waals surface area contributed by atoms with Crippen LogP contribution in [0.2, 0.25) is 0 Å². The van der Waals surface area contributed by atoms with Crippen LogP contribution in [0.15, 0.2) is 12.3 Å². The molecule has 0 aliphatic carbocycles. The minimum absolute atomic E-state index is 0.0317. The first-order chi connectivity index (χ1) is 8.22. The van der Waals surface area contributed by atoms with Gasteiger partial charge in [-0.25, -0.2) is 9.97 Å². The van der Waals surface area contributed by atoms with Crippen LogP contribution in [-0.2, 0) is 11.3 Å². The molecule has 94 valence electrons. The number of unbranched alkanes of at least 4 members (excludes halogenated alkanes) is 1. The zero-order valence-electron chi connectivity index (χ0n) is 10.5. The van der Waals surface area contributed by atoms with Gasteiger partial charge in [0.15, 0.2) is 0 Å². The van der Waals surface area contributed by atoms with Crippen molar-refractivity contribution in [2.24, 2.45) is 0 Å². The SMILES string of the molecule is CCCCNC(=O)CNCc1ccnc(C)n1. The standard InChI is InChI=1S/C12H20N4O/c1-3-4-6-15-12(17)9-13-8-11-5-7-14-10(2)16-11/h5,7,13H,3-4,6,8-9H2,1-2H3,(H,15,17). The molecule has 0 atom stereocenters. The number of hydrogen-bond acceptors (Lipinski definition) is 4. The third kappa shape index (κ3) is 5.97. The van der Waals surface area contributed by atoms with Crippen LogP contribution in [0.5, 0.6) is 0 Å². The van der Waals surface area contributed by atoms with E-state index in [0.29, 0.717) is 13.1 Å². The molecule has 17 heavy (non-hydrogen) atoms. The van der Waals surface area contributed by atoms with Crippen molar-refractivity contribution in [1.29, 1.82) is 0 Å². The fraction of sp³-hybridized carbons (Fsp3) is 0.583. The van der Waals surface area contributed by atoms with E-state index in [1.54, 1.807) is 6.20 Å². The molecule has 0 aliphatic heterocycles. The Kier molecular flexibility index (Phi) is 6.17. The molecule has 1 amide bonds. The van der Waals surface area contributed by atoms with E-state index < -0.39 is 0 Å². The largest absolute Gasteiger partial charge is 0.355 e. The Hall–Kier alpha value is -1.49. The molecule has 0 saturated carbocycles. The van der Waals surface area contributed by atoms with Crippen molar-refractivity contribution in [2.45, 2.75) is 33.2 Å². The number of nitrogens with zero attached hydrogens (tertiary/aromatic N) is 2. The van der Waals surface area contributed by atoms with Gasteiger partial charge in [0.05, 0.1) is 12.2 Å². The van der Waals surface area contributed by atoms with E-state index in [0.717, 1.165) is 30.9 Å². The van der Waals surface area contributed by atoms with Crippen LogP contribution in [0.3, 0.4) is 0 Å². The molecular weight excluding hydrogens is 216 g/mol. The monoisotopic (exact) mass is 236 g/mol. The number of carbonyl (C=O) groups is 1. The van der Waals surface area contributed by atoms with Crippen molar-refractivity contribution in [3.8, 4) is 0 Å². The third-order valence-corrected chi connectivity index (χ3v) is 2.28. The van der Waals surface area contributed by atoms with Gasteiger partial charge in [0.25, 0.3) is 0 Å². The van der Waals surface area contributed by atoms with Crippen LogP contribution in [0, 0.1) is 6.92 Å². The molecule has 5 nitrogen and oxygen atoms in total. The summed E-state index contributed by atoms with van der Waals surface area (Å²) in [4.78, 5) is 19.6. The van der Waals surface area contributed by atoms with Gasteiger partial charge >= 0.3 is 0 Å². The predicted octanol–water partition coefficient (Wildman–Crippen LogP) is 0.791. The lowest BCUT2D eigenvalue weighted by atomic mass is 10.3. The fourth-order valence-corrected chi connectivity index (χ4v) is 1.37. The van der Waals surface area contributed by atoms with E-state index in [1.807, 2.05) is 13.0 Å². The first-order valence-electron chi connectivity index (χ1n) is 5.98. The van der Waals surface area contributed by atoms with E-state index in [2.05, 4.69) is 27.5 Å². The number of aryl methyl sites for hydroxylation is 1. The maximum atomic E-state index is 11.4. The van der Waals surface area contributed by atoms with E-state index in [9.17, 15) is 4.79 Å². The first kappa shape index (κ1) is 13.6. The molecule has 0 bridgehead atoms. The highest BCUT2D eigenvalue weighted by molar-refractivity contribution is 5.77. The maximum absolute atomic E-state index is 11.4. The van der Waals surface area contributed by atoms with Crippen molar-refractivity contribution < 1.29 is 4.79 Å². The Balaban J connectivity index is 2.17. The number of aromatic nitrogens is 2. The van der Waals surface area contributed by atoms with Gasteiger partial charge in [-0.1, -0.05) is 13.3 Å². The average Bonchev–Trinajstić information content (AvgIpc) is 2.29. The van der Waals surface area contributed by atoms with Gasteiger partial charge in [-0.05, 0) is 19.4 Å². The number of carbonyl (C=O) groups excluding carboxylic acids is 1. The molecule has 1 heterocycles. The van der Waals surface area contributed by atoms with Crippen molar-refractivity contribution in [1.82, 2.24) is 20.6 Å². The molecule has 5 heteroatoms. The van der Waals surface area contributed by atoms with Gasteiger partial charge in [-0.15, -0.1) is 0 Å². The molecule has 1 rings (SSSR count). The lowest BCUT2D eigenvalue weighted by Crippen LogP contribution is -2.34. The van der Waals surface area contributed by atoms with Crippen molar-refractivity contribution in [2.75, 3.05) is 13.1 Å². The van der Waals surface area contributed by atoms with Gasteiger partial charge < -0.3 is 10.6 Å². The Morgan fingerprint density at radius 1 is 1.47 bits per heavy atom.